The molecule has 1 aliphatic heterocycles. The second-order valence-electron chi connectivity index (χ2n) is 7.08. The molecule has 1 aromatic rings. The first-order chi connectivity index (χ1) is 12.4. The fourth-order valence-corrected chi connectivity index (χ4v) is 3.19. The summed E-state index contributed by atoms with van der Waals surface area (Å²) in [5, 5.41) is 3.41. The van der Waals surface area contributed by atoms with E-state index in [1.54, 1.807) is 6.92 Å². The SMILES string of the molecule is CCNC(=NCC(c1ccc(C)cc1)N(C)C)N1CCN(C(C)=O)CC1.I. The number of nitrogens with one attached hydrogen (secondary N) is 1. The third-order valence-corrected chi connectivity index (χ3v) is 4.86. The summed E-state index contributed by atoms with van der Waals surface area (Å²) in [6.07, 6.45) is 0. The summed E-state index contributed by atoms with van der Waals surface area (Å²) in [5.74, 6) is 1.09. The molecule has 27 heavy (non-hydrogen) atoms. The number of likely N-dealkylation sites (N-methyl/N-ethyl adjacent to an activating group) is 1. The number of hydrogen-bond donors (Lipinski definition) is 1. The molecule has 1 N–H and O–H groups in total. The first-order valence-electron chi connectivity index (χ1n) is 9.44. The van der Waals surface area contributed by atoms with Crippen LogP contribution in [-0.2, 0) is 4.79 Å². The number of rotatable bonds is 5. The molecule has 2 rings (SSSR count). The smallest absolute Gasteiger partial charge is 0.219 e. The monoisotopic (exact) mass is 487 g/mol. The summed E-state index contributed by atoms with van der Waals surface area (Å²) in [4.78, 5) is 22.8. The second kappa shape index (κ2) is 11.5. The van der Waals surface area contributed by atoms with Crippen molar-refractivity contribution in [3.63, 3.8) is 0 Å². The van der Waals surface area contributed by atoms with Crippen molar-refractivity contribution < 1.29 is 4.79 Å². The third-order valence-electron chi connectivity index (χ3n) is 4.86. The van der Waals surface area contributed by atoms with Crippen molar-refractivity contribution in [2.45, 2.75) is 26.8 Å². The van der Waals surface area contributed by atoms with E-state index >= 15 is 0 Å². The van der Waals surface area contributed by atoms with Crippen LogP contribution < -0.4 is 5.32 Å². The molecule has 1 unspecified atom stereocenters. The van der Waals surface area contributed by atoms with Crippen molar-refractivity contribution in [2.75, 3.05) is 53.4 Å². The number of aliphatic imine (C=N–C) groups is 1. The van der Waals surface area contributed by atoms with Gasteiger partial charge in [0.25, 0.3) is 0 Å². The van der Waals surface area contributed by atoms with E-state index in [0.717, 1.165) is 38.7 Å². The second-order valence-corrected chi connectivity index (χ2v) is 7.08. The molecule has 7 heteroatoms. The summed E-state index contributed by atoms with van der Waals surface area (Å²) in [5.41, 5.74) is 2.55. The van der Waals surface area contributed by atoms with E-state index in [2.05, 4.69) is 67.3 Å². The normalized spacial score (nSPS) is 16.1. The predicted octanol–water partition coefficient (Wildman–Crippen LogP) is 2.35. The minimum atomic E-state index is 0. The zero-order valence-corrected chi connectivity index (χ0v) is 19.6. The van der Waals surface area contributed by atoms with Gasteiger partial charge in [-0.05, 0) is 33.5 Å². The molecule has 6 nitrogen and oxygen atoms in total. The lowest BCUT2D eigenvalue weighted by Crippen LogP contribution is -2.53. The van der Waals surface area contributed by atoms with Crippen LogP contribution in [0.3, 0.4) is 0 Å². The minimum Gasteiger partial charge on any atom is -0.357 e. The highest BCUT2D eigenvalue weighted by atomic mass is 127. The summed E-state index contributed by atoms with van der Waals surface area (Å²) in [6.45, 7) is 10.5. The van der Waals surface area contributed by atoms with Crippen LogP contribution >= 0.6 is 24.0 Å². The van der Waals surface area contributed by atoms with Crippen LogP contribution in [0.2, 0.25) is 0 Å². The van der Waals surface area contributed by atoms with E-state index in [-0.39, 0.29) is 35.9 Å². The molecule has 1 amide bonds. The van der Waals surface area contributed by atoms with Gasteiger partial charge in [-0.25, -0.2) is 0 Å². The van der Waals surface area contributed by atoms with E-state index in [0.29, 0.717) is 6.54 Å². The van der Waals surface area contributed by atoms with Gasteiger partial charge in [0.1, 0.15) is 0 Å². The fourth-order valence-electron chi connectivity index (χ4n) is 3.19. The average Bonchev–Trinajstić information content (AvgIpc) is 2.62. The van der Waals surface area contributed by atoms with Gasteiger partial charge in [0.2, 0.25) is 5.91 Å². The maximum atomic E-state index is 11.5. The molecule has 0 bridgehead atoms. The molecule has 0 radical (unpaired) electrons. The average molecular weight is 487 g/mol. The first-order valence-corrected chi connectivity index (χ1v) is 9.44. The maximum Gasteiger partial charge on any atom is 0.219 e. The van der Waals surface area contributed by atoms with Crippen LogP contribution in [0.5, 0.6) is 0 Å². The highest BCUT2D eigenvalue weighted by Gasteiger charge is 2.21. The van der Waals surface area contributed by atoms with Gasteiger partial charge in [-0.3, -0.25) is 9.79 Å². The van der Waals surface area contributed by atoms with Gasteiger partial charge in [0, 0.05) is 39.6 Å². The van der Waals surface area contributed by atoms with Crippen LogP contribution in [0, 0.1) is 6.92 Å². The van der Waals surface area contributed by atoms with Crippen LogP contribution in [0.15, 0.2) is 29.3 Å². The summed E-state index contributed by atoms with van der Waals surface area (Å²) < 4.78 is 0. The minimum absolute atomic E-state index is 0. The summed E-state index contributed by atoms with van der Waals surface area (Å²) >= 11 is 0. The maximum absolute atomic E-state index is 11.5. The Balaban J connectivity index is 0.00000364. The van der Waals surface area contributed by atoms with Crippen LogP contribution in [-0.4, -0.2) is 79.9 Å². The molecule has 1 saturated heterocycles. The lowest BCUT2D eigenvalue weighted by molar-refractivity contribution is -0.130. The molecule has 1 atom stereocenters. The Morgan fingerprint density at radius 1 is 1.15 bits per heavy atom. The molecule has 0 spiro atoms. The Morgan fingerprint density at radius 3 is 2.19 bits per heavy atom. The quantitative estimate of drug-likeness (QED) is 0.394. The van der Waals surface area contributed by atoms with E-state index in [4.69, 9.17) is 4.99 Å². The summed E-state index contributed by atoms with van der Waals surface area (Å²) in [6, 6.07) is 8.92. The van der Waals surface area contributed by atoms with Crippen molar-refractivity contribution in [3.8, 4) is 0 Å². The number of guanidine groups is 1. The highest BCUT2D eigenvalue weighted by molar-refractivity contribution is 14.0. The van der Waals surface area contributed by atoms with Gasteiger partial charge < -0.3 is 20.0 Å². The number of carbonyl (C=O) groups is 1. The van der Waals surface area contributed by atoms with Crippen molar-refractivity contribution in [1.29, 1.82) is 0 Å². The lowest BCUT2D eigenvalue weighted by atomic mass is 10.0. The number of halogens is 1. The largest absolute Gasteiger partial charge is 0.357 e. The standard InChI is InChI=1S/C20H33N5O.HI/c1-6-21-20(25-13-11-24(12-14-25)17(3)26)22-15-19(23(4)5)18-9-7-16(2)8-10-18;/h7-10,19H,6,11-15H2,1-5H3,(H,21,22);1H. The topological polar surface area (TPSA) is 51.2 Å². The predicted molar refractivity (Wildman–Crippen MR) is 123 cm³/mol. The molecular formula is C20H34IN5O. The number of aryl methyl sites for hydroxylation is 1. The molecule has 1 aliphatic rings. The van der Waals surface area contributed by atoms with Crippen LogP contribution in [0.4, 0.5) is 0 Å². The van der Waals surface area contributed by atoms with Crippen molar-refractivity contribution in [2.24, 2.45) is 4.99 Å². The van der Waals surface area contributed by atoms with Crippen molar-refractivity contribution in [1.82, 2.24) is 20.0 Å². The van der Waals surface area contributed by atoms with Crippen molar-refractivity contribution in [3.05, 3.63) is 35.4 Å². The third kappa shape index (κ3) is 6.95. The number of amides is 1. The molecule has 1 heterocycles. The van der Waals surface area contributed by atoms with E-state index in [1.165, 1.54) is 11.1 Å². The van der Waals surface area contributed by atoms with E-state index < -0.39 is 0 Å². The number of benzene rings is 1. The number of nitrogens with zero attached hydrogens (tertiary/aromatic N) is 4. The van der Waals surface area contributed by atoms with Crippen molar-refractivity contribution >= 4 is 35.8 Å². The van der Waals surface area contributed by atoms with Crippen LogP contribution in [0.25, 0.3) is 0 Å². The Hall–Kier alpha value is -1.35. The zero-order valence-electron chi connectivity index (χ0n) is 17.2. The number of carbonyl (C=O) groups excluding carboxylic acids is 1. The fraction of sp³-hybridized carbons (Fsp3) is 0.600. The zero-order chi connectivity index (χ0) is 19.1. The Labute approximate surface area is 181 Å². The molecule has 0 saturated carbocycles. The molecule has 0 aliphatic carbocycles. The van der Waals surface area contributed by atoms with Gasteiger partial charge in [-0.1, -0.05) is 29.8 Å². The lowest BCUT2D eigenvalue weighted by Gasteiger charge is -2.36. The van der Waals surface area contributed by atoms with Gasteiger partial charge >= 0.3 is 0 Å². The van der Waals surface area contributed by atoms with Gasteiger partial charge in [0.15, 0.2) is 5.96 Å². The van der Waals surface area contributed by atoms with Gasteiger partial charge in [-0.15, -0.1) is 24.0 Å². The Kier molecular flexibility index (Phi) is 10.1. The molecule has 152 valence electrons. The van der Waals surface area contributed by atoms with Gasteiger partial charge in [0.05, 0.1) is 12.6 Å². The number of piperazine rings is 1. The highest BCUT2D eigenvalue weighted by Crippen LogP contribution is 2.19. The first kappa shape index (κ1) is 23.7. The molecule has 1 aromatic carbocycles. The Morgan fingerprint density at radius 2 is 1.70 bits per heavy atom. The number of hydrogen-bond acceptors (Lipinski definition) is 3. The molecule has 0 aromatic heterocycles. The van der Waals surface area contributed by atoms with Crippen LogP contribution in [0.1, 0.15) is 31.0 Å². The molecular weight excluding hydrogens is 453 g/mol. The molecule has 1 fully saturated rings. The van der Waals surface area contributed by atoms with Gasteiger partial charge in [-0.2, -0.15) is 0 Å². The Bertz CT molecular complexity index is 609. The van der Waals surface area contributed by atoms with E-state index in [1.807, 2.05) is 4.90 Å². The van der Waals surface area contributed by atoms with E-state index in [9.17, 15) is 4.79 Å². The summed E-state index contributed by atoms with van der Waals surface area (Å²) in [7, 11) is 4.19.